The molecule has 0 unspecified atom stereocenters. The first kappa shape index (κ1) is 21.8. The third-order valence-corrected chi connectivity index (χ3v) is 5.14. The lowest BCUT2D eigenvalue weighted by atomic mass is 9.87. The summed E-state index contributed by atoms with van der Waals surface area (Å²) in [4.78, 5) is 0. The third kappa shape index (κ3) is 3.91. The van der Waals surface area contributed by atoms with Crippen molar-refractivity contribution in [3.8, 4) is 28.0 Å². The van der Waals surface area contributed by atoms with Crippen LogP contribution in [0.15, 0.2) is 36.4 Å². The lowest BCUT2D eigenvalue weighted by Gasteiger charge is -2.19. The Balaban J connectivity index is 2.31. The maximum Gasteiger partial charge on any atom is 0.201 e. The molecular formula is C24H21F5O. The number of aryl methyl sites for hydroxylation is 1. The average Bonchev–Trinajstić information content (AvgIpc) is 2.74. The maximum absolute atomic E-state index is 14.6. The Morgan fingerprint density at radius 1 is 0.733 bits per heavy atom. The summed E-state index contributed by atoms with van der Waals surface area (Å²) in [5, 5.41) is 10.4. The molecule has 1 nitrogen and oxygen atoms in total. The molecule has 0 aliphatic rings. The number of hydrogen-bond donors (Lipinski definition) is 1. The van der Waals surface area contributed by atoms with E-state index in [9.17, 15) is 27.1 Å². The number of rotatable bonds is 6. The molecule has 0 saturated heterocycles. The van der Waals surface area contributed by atoms with Crippen LogP contribution in [0, 0.1) is 29.1 Å². The quantitative estimate of drug-likeness (QED) is 0.327. The molecule has 1 N–H and O–H groups in total. The van der Waals surface area contributed by atoms with Gasteiger partial charge < -0.3 is 5.11 Å². The van der Waals surface area contributed by atoms with Gasteiger partial charge >= 0.3 is 0 Å². The number of hydrogen-bond acceptors (Lipinski definition) is 1. The van der Waals surface area contributed by atoms with Crippen LogP contribution < -0.4 is 0 Å². The van der Waals surface area contributed by atoms with Crippen LogP contribution >= 0.6 is 0 Å². The fourth-order valence-corrected chi connectivity index (χ4v) is 3.58. The topological polar surface area (TPSA) is 20.2 Å². The molecule has 0 amide bonds. The van der Waals surface area contributed by atoms with Crippen molar-refractivity contribution < 1.29 is 27.1 Å². The van der Waals surface area contributed by atoms with Gasteiger partial charge in [0.05, 0.1) is 0 Å². The molecule has 6 heteroatoms. The van der Waals surface area contributed by atoms with Crippen LogP contribution in [0.1, 0.15) is 37.8 Å². The molecule has 0 aliphatic carbocycles. The van der Waals surface area contributed by atoms with Gasteiger partial charge in [-0.3, -0.25) is 0 Å². The Morgan fingerprint density at radius 2 is 1.33 bits per heavy atom. The van der Waals surface area contributed by atoms with Crippen LogP contribution in [-0.4, -0.2) is 5.11 Å². The third-order valence-electron chi connectivity index (χ3n) is 5.14. The first-order valence-corrected chi connectivity index (χ1v) is 9.77. The highest BCUT2D eigenvalue weighted by Crippen LogP contribution is 2.45. The van der Waals surface area contributed by atoms with E-state index in [1.54, 1.807) is 19.1 Å². The van der Waals surface area contributed by atoms with Crippen LogP contribution in [0.2, 0.25) is 0 Å². The summed E-state index contributed by atoms with van der Waals surface area (Å²) in [7, 11) is 0. The smallest absolute Gasteiger partial charge is 0.201 e. The predicted octanol–water partition coefficient (Wildman–Crippen LogP) is 7.33. The molecule has 3 aromatic carbocycles. The highest BCUT2D eigenvalue weighted by molar-refractivity contribution is 5.90. The molecule has 0 heterocycles. The fourth-order valence-electron chi connectivity index (χ4n) is 3.58. The second-order valence-corrected chi connectivity index (χ2v) is 7.11. The van der Waals surface area contributed by atoms with Crippen LogP contribution in [0.4, 0.5) is 22.0 Å². The first-order valence-electron chi connectivity index (χ1n) is 9.77. The zero-order valence-corrected chi connectivity index (χ0v) is 16.6. The van der Waals surface area contributed by atoms with Gasteiger partial charge in [-0.15, -0.1) is 0 Å². The zero-order chi connectivity index (χ0) is 22.0. The predicted molar refractivity (Wildman–Crippen MR) is 107 cm³/mol. The average molecular weight is 420 g/mol. The number of phenols is 1. The van der Waals surface area contributed by atoms with Gasteiger partial charge in [-0.1, -0.05) is 44.5 Å². The molecule has 0 radical (unpaired) electrons. The van der Waals surface area contributed by atoms with Crippen molar-refractivity contribution in [2.75, 3.05) is 0 Å². The van der Waals surface area contributed by atoms with Crippen molar-refractivity contribution in [2.24, 2.45) is 0 Å². The van der Waals surface area contributed by atoms with E-state index in [0.717, 1.165) is 24.8 Å². The summed E-state index contributed by atoms with van der Waals surface area (Å²) >= 11 is 0. The molecule has 30 heavy (non-hydrogen) atoms. The van der Waals surface area contributed by atoms with Crippen molar-refractivity contribution in [3.63, 3.8) is 0 Å². The summed E-state index contributed by atoms with van der Waals surface area (Å²) in [5.41, 5.74) is 0.979. The molecule has 0 bridgehead atoms. The van der Waals surface area contributed by atoms with Gasteiger partial charge in [-0.2, -0.15) is 4.39 Å². The molecule has 0 fully saturated rings. The van der Waals surface area contributed by atoms with Gasteiger partial charge in [0.2, 0.25) is 5.82 Å². The second kappa shape index (κ2) is 8.86. The SMILES string of the molecule is CCCCc1ccc(-c2c(CC)c(F)c(F)c(O)c2-c2cc(F)c(F)c(F)c2)cc1. The van der Waals surface area contributed by atoms with Crippen molar-refractivity contribution in [3.05, 3.63) is 76.6 Å². The Labute approximate surface area is 171 Å². The van der Waals surface area contributed by atoms with Crippen LogP contribution in [0.5, 0.6) is 5.75 Å². The monoisotopic (exact) mass is 420 g/mol. The van der Waals surface area contributed by atoms with E-state index in [4.69, 9.17) is 0 Å². The minimum atomic E-state index is -1.68. The molecule has 158 valence electrons. The van der Waals surface area contributed by atoms with E-state index in [1.807, 2.05) is 12.1 Å². The zero-order valence-electron chi connectivity index (χ0n) is 16.6. The molecule has 0 aliphatic heterocycles. The Morgan fingerprint density at radius 3 is 1.87 bits per heavy atom. The van der Waals surface area contributed by atoms with Crippen molar-refractivity contribution >= 4 is 0 Å². The molecule has 3 rings (SSSR count). The van der Waals surface area contributed by atoms with Crippen molar-refractivity contribution in [1.29, 1.82) is 0 Å². The molecule has 0 spiro atoms. The minimum Gasteiger partial charge on any atom is -0.504 e. The molecule has 0 atom stereocenters. The fraction of sp³-hybridized carbons (Fsp3) is 0.250. The van der Waals surface area contributed by atoms with Crippen molar-refractivity contribution in [1.82, 2.24) is 0 Å². The second-order valence-electron chi connectivity index (χ2n) is 7.11. The van der Waals surface area contributed by atoms with Gasteiger partial charge in [0.15, 0.2) is 29.0 Å². The Kier molecular flexibility index (Phi) is 6.44. The lowest BCUT2D eigenvalue weighted by Crippen LogP contribution is -2.03. The highest BCUT2D eigenvalue weighted by Gasteiger charge is 2.26. The summed E-state index contributed by atoms with van der Waals surface area (Å²) in [6.07, 6.45) is 2.92. The summed E-state index contributed by atoms with van der Waals surface area (Å²) in [6, 6.07) is 8.36. The normalized spacial score (nSPS) is 11.2. The molecule has 0 saturated carbocycles. The van der Waals surface area contributed by atoms with Gasteiger partial charge in [0.25, 0.3) is 0 Å². The van der Waals surface area contributed by atoms with Crippen LogP contribution in [-0.2, 0) is 12.8 Å². The summed E-state index contributed by atoms with van der Waals surface area (Å²) < 4.78 is 70.2. The first-order chi connectivity index (χ1) is 14.3. The van der Waals surface area contributed by atoms with E-state index in [0.29, 0.717) is 17.7 Å². The highest BCUT2D eigenvalue weighted by atomic mass is 19.2. The van der Waals surface area contributed by atoms with Crippen molar-refractivity contribution in [2.45, 2.75) is 39.5 Å². The lowest BCUT2D eigenvalue weighted by molar-refractivity contribution is 0.406. The minimum absolute atomic E-state index is 0.0493. The molecule has 0 aromatic heterocycles. The van der Waals surface area contributed by atoms with E-state index in [1.165, 1.54) is 0 Å². The Bertz CT molecular complexity index is 1050. The largest absolute Gasteiger partial charge is 0.504 e. The number of phenolic OH excluding ortho intramolecular Hbond substituents is 1. The van der Waals surface area contributed by atoms with Gasteiger partial charge in [0.1, 0.15) is 0 Å². The van der Waals surface area contributed by atoms with E-state index < -0.39 is 34.8 Å². The molecular weight excluding hydrogens is 399 g/mol. The number of unbranched alkanes of at least 4 members (excludes halogenated alkanes) is 1. The van der Waals surface area contributed by atoms with Gasteiger partial charge in [0, 0.05) is 5.56 Å². The van der Waals surface area contributed by atoms with Gasteiger partial charge in [-0.25, -0.2) is 17.6 Å². The number of aromatic hydroxyl groups is 1. The van der Waals surface area contributed by atoms with E-state index in [2.05, 4.69) is 6.92 Å². The van der Waals surface area contributed by atoms with Gasteiger partial charge in [-0.05, 0) is 59.2 Å². The summed E-state index contributed by atoms with van der Waals surface area (Å²) in [5.74, 6) is -8.50. The standard InChI is InChI=1S/C24H21F5O/c1-3-5-6-13-7-9-14(10-8-13)19-16(4-2)21(27)23(29)24(30)20(19)15-11-17(25)22(28)18(26)12-15/h7-12,30H,3-6H2,1-2H3. The molecule has 3 aromatic rings. The van der Waals surface area contributed by atoms with E-state index >= 15 is 0 Å². The number of benzene rings is 3. The number of halogens is 5. The van der Waals surface area contributed by atoms with Crippen LogP contribution in [0.25, 0.3) is 22.3 Å². The maximum atomic E-state index is 14.6. The Hall–Kier alpha value is -2.89. The van der Waals surface area contributed by atoms with E-state index in [-0.39, 0.29) is 28.7 Å². The van der Waals surface area contributed by atoms with Crippen LogP contribution in [0.3, 0.4) is 0 Å². The summed E-state index contributed by atoms with van der Waals surface area (Å²) in [6.45, 7) is 3.67.